The Bertz CT molecular complexity index is 1980. The molecular formula is C35H32N4O4S. The summed E-state index contributed by atoms with van der Waals surface area (Å²) in [7, 11) is 1.35. The zero-order valence-corrected chi connectivity index (χ0v) is 25.5. The summed E-state index contributed by atoms with van der Waals surface area (Å²) in [5, 5.41) is 3.71. The Hall–Kier alpha value is -5.15. The van der Waals surface area contributed by atoms with Crippen molar-refractivity contribution in [2.45, 2.75) is 11.7 Å². The Morgan fingerprint density at radius 2 is 1.41 bits per heavy atom. The predicted octanol–water partition coefficient (Wildman–Crippen LogP) is 6.47. The van der Waals surface area contributed by atoms with Crippen LogP contribution >= 0.6 is 0 Å². The average Bonchev–Trinajstić information content (AvgIpc) is 3.15. The van der Waals surface area contributed by atoms with E-state index in [4.69, 9.17) is 0 Å². The highest BCUT2D eigenvalue weighted by atomic mass is 32.2. The first-order valence-corrected chi connectivity index (χ1v) is 15.7. The molecule has 8 nitrogen and oxygen atoms in total. The first-order chi connectivity index (χ1) is 21.2. The van der Waals surface area contributed by atoms with Crippen LogP contribution in [-0.4, -0.2) is 41.4 Å². The van der Waals surface area contributed by atoms with Gasteiger partial charge in [-0.15, -0.1) is 0 Å². The van der Waals surface area contributed by atoms with Gasteiger partial charge in [-0.3, -0.25) is 18.8 Å². The molecule has 2 amide bonds. The number of carbonyl (C=O) groups is 2. The summed E-state index contributed by atoms with van der Waals surface area (Å²) >= 11 is 0. The van der Waals surface area contributed by atoms with Crippen molar-refractivity contribution in [2.24, 2.45) is 0 Å². The molecular weight excluding hydrogens is 572 g/mol. The lowest BCUT2D eigenvalue weighted by Gasteiger charge is -2.30. The van der Waals surface area contributed by atoms with E-state index >= 15 is 0 Å². The molecule has 0 spiro atoms. The Morgan fingerprint density at radius 1 is 0.750 bits per heavy atom. The van der Waals surface area contributed by atoms with Crippen LogP contribution in [0.4, 0.5) is 28.4 Å². The highest BCUT2D eigenvalue weighted by Crippen LogP contribution is 2.42. The highest BCUT2D eigenvalue weighted by molar-refractivity contribution is 7.93. The minimum absolute atomic E-state index is 0.316. The summed E-state index contributed by atoms with van der Waals surface area (Å²) in [5.41, 5.74) is 4.21. The van der Waals surface area contributed by atoms with E-state index in [1.807, 2.05) is 110 Å². The average molecular weight is 605 g/mol. The molecule has 1 atom stereocenters. The molecule has 1 aliphatic rings. The van der Waals surface area contributed by atoms with E-state index in [1.54, 1.807) is 31.3 Å². The predicted molar refractivity (Wildman–Crippen MR) is 177 cm³/mol. The van der Waals surface area contributed by atoms with E-state index in [2.05, 4.69) is 5.32 Å². The van der Waals surface area contributed by atoms with Crippen molar-refractivity contribution in [1.29, 1.82) is 0 Å². The van der Waals surface area contributed by atoms with Crippen molar-refractivity contribution in [1.82, 2.24) is 0 Å². The molecule has 1 heterocycles. The SMILES string of the molecule is CN(C)c1ccccc1C(c1ccccc1)S(=O)(=O)N(C)c1ccc(N2C(=O)CC(=O)Nc3c2ccc2ccccc32)cc1. The maximum Gasteiger partial charge on any atom is 0.246 e. The lowest BCUT2D eigenvalue weighted by molar-refractivity contribution is -0.124. The second kappa shape index (κ2) is 11.5. The Morgan fingerprint density at radius 3 is 2.14 bits per heavy atom. The van der Waals surface area contributed by atoms with E-state index in [0.717, 1.165) is 16.5 Å². The molecule has 0 fully saturated rings. The third-order valence-electron chi connectivity index (χ3n) is 7.93. The highest BCUT2D eigenvalue weighted by Gasteiger charge is 2.35. The summed E-state index contributed by atoms with van der Waals surface area (Å²) in [6.45, 7) is 0. The first-order valence-electron chi connectivity index (χ1n) is 14.2. The molecule has 44 heavy (non-hydrogen) atoms. The van der Waals surface area contributed by atoms with Crippen molar-refractivity contribution in [2.75, 3.05) is 40.6 Å². The molecule has 1 unspecified atom stereocenters. The number of para-hydroxylation sites is 1. The molecule has 0 aromatic heterocycles. The van der Waals surface area contributed by atoms with Gasteiger partial charge < -0.3 is 10.2 Å². The molecule has 222 valence electrons. The third kappa shape index (κ3) is 5.16. The topological polar surface area (TPSA) is 90.0 Å². The maximum atomic E-state index is 14.4. The third-order valence-corrected chi connectivity index (χ3v) is 10.0. The summed E-state index contributed by atoms with van der Waals surface area (Å²) in [6.07, 6.45) is -0.316. The van der Waals surface area contributed by atoms with Gasteiger partial charge in [-0.1, -0.05) is 78.9 Å². The van der Waals surface area contributed by atoms with E-state index in [1.165, 1.54) is 9.21 Å². The lowest BCUT2D eigenvalue weighted by Crippen LogP contribution is -2.33. The molecule has 6 rings (SSSR count). The fraction of sp³-hybridized carbons (Fsp3) is 0.143. The number of sulfonamides is 1. The molecule has 1 aliphatic heterocycles. The van der Waals surface area contributed by atoms with Gasteiger partial charge in [0.25, 0.3) is 0 Å². The summed E-state index contributed by atoms with van der Waals surface area (Å²) in [5.74, 6) is -0.766. The van der Waals surface area contributed by atoms with E-state index in [-0.39, 0.29) is 18.2 Å². The van der Waals surface area contributed by atoms with Gasteiger partial charge in [-0.05, 0) is 52.9 Å². The van der Waals surface area contributed by atoms with Crippen LogP contribution < -0.4 is 19.4 Å². The number of rotatable bonds is 7. The molecule has 0 bridgehead atoms. The lowest BCUT2D eigenvalue weighted by atomic mass is 10.0. The molecule has 5 aromatic rings. The Balaban J connectivity index is 1.40. The summed E-state index contributed by atoms with van der Waals surface area (Å²) in [6, 6.07) is 34.9. The van der Waals surface area contributed by atoms with Crippen LogP contribution in [0.25, 0.3) is 10.8 Å². The number of fused-ring (bicyclic) bond motifs is 3. The second-order valence-electron chi connectivity index (χ2n) is 10.9. The number of hydrogen-bond acceptors (Lipinski definition) is 5. The van der Waals surface area contributed by atoms with Crippen LogP contribution in [0.15, 0.2) is 115 Å². The molecule has 1 N–H and O–H groups in total. The number of nitrogens with zero attached hydrogens (tertiary/aromatic N) is 3. The van der Waals surface area contributed by atoms with Crippen LogP contribution in [-0.2, 0) is 19.6 Å². The number of carbonyl (C=O) groups excluding carboxylic acids is 2. The Labute approximate surface area is 257 Å². The largest absolute Gasteiger partial charge is 0.377 e. The fourth-order valence-corrected chi connectivity index (χ4v) is 7.52. The fourth-order valence-electron chi connectivity index (χ4n) is 5.77. The monoisotopic (exact) mass is 604 g/mol. The normalized spacial score (nSPS) is 14.0. The van der Waals surface area contributed by atoms with Crippen molar-refractivity contribution >= 4 is 61.0 Å². The van der Waals surface area contributed by atoms with Gasteiger partial charge in [-0.25, -0.2) is 8.42 Å². The number of benzene rings is 5. The quantitative estimate of drug-likeness (QED) is 0.215. The summed E-state index contributed by atoms with van der Waals surface area (Å²) < 4.78 is 30.1. The second-order valence-corrected chi connectivity index (χ2v) is 13.0. The van der Waals surface area contributed by atoms with E-state index in [9.17, 15) is 18.0 Å². The van der Waals surface area contributed by atoms with Crippen molar-refractivity contribution < 1.29 is 18.0 Å². The number of hydrogen-bond donors (Lipinski definition) is 1. The van der Waals surface area contributed by atoms with E-state index in [0.29, 0.717) is 33.9 Å². The molecule has 0 radical (unpaired) electrons. The standard InChI is InChI=1S/C35H32N4O4S/c1-37(2)30-16-10-9-15-29(30)35(25-12-5-4-6-13-25)44(42,43)38(3)26-18-20-27(21-19-26)39-31-22-17-24-11-7-8-14-28(24)34(31)36-32(40)23-33(39)41/h4-22,35H,23H2,1-3H3,(H,36,40). The molecule has 5 aromatic carbocycles. The van der Waals surface area contributed by atoms with Crippen molar-refractivity contribution in [3.8, 4) is 0 Å². The molecule has 0 saturated carbocycles. The minimum atomic E-state index is -3.98. The zero-order chi connectivity index (χ0) is 31.0. The zero-order valence-electron chi connectivity index (χ0n) is 24.6. The van der Waals surface area contributed by atoms with Crippen LogP contribution in [0.3, 0.4) is 0 Å². The first kappa shape index (κ1) is 28.9. The number of nitrogens with one attached hydrogen (secondary N) is 1. The molecule has 0 aliphatic carbocycles. The van der Waals surface area contributed by atoms with Gasteiger partial charge in [0.15, 0.2) is 0 Å². The van der Waals surface area contributed by atoms with Gasteiger partial charge in [0.2, 0.25) is 21.8 Å². The van der Waals surface area contributed by atoms with Crippen LogP contribution in [0.2, 0.25) is 0 Å². The van der Waals surface area contributed by atoms with Crippen LogP contribution in [0.5, 0.6) is 0 Å². The van der Waals surface area contributed by atoms with Crippen molar-refractivity contribution in [3.05, 3.63) is 126 Å². The number of amides is 2. The van der Waals surface area contributed by atoms with E-state index < -0.39 is 15.3 Å². The van der Waals surface area contributed by atoms with Gasteiger partial charge >= 0.3 is 0 Å². The maximum absolute atomic E-state index is 14.4. The van der Waals surface area contributed by atoms with Crippen LogP contribution in [0.1, 0.15) is 22.8 Å². The molecule has 9 heteroatoms. The van der Waals surface area contributed by atoms with Gasteiger partial charge in [0, 0.05) is 37.9 Å². The number of anilines is 5. The smallest absolute Gasteiger partial charge is 0.246 e. The van der Waals surface area contributed by atoms with Gasteiger partial charge in [0.05, 0.1) is 17.1 Å². The van der Waals surface area contributed by atoms with Crippen LogP contribution in [0, 0.1) is 0 Å². The minimum Gasteiger partial charge on any atom is -0.377 e. The Kier molecular flexibility index (Phi) is 7.57. The molecule has 0 saturated heterocycles. The van der Waals surface area contributed by atoms with Crippen molar-refractivity contribution in [3.63, 3.8) is 0 Å². The van der Waals surface area contributed by atoms with Gasteiger partial charge in [-0.2, -0.15) is 0 Å². The summed E-state index contributed by atoms with van der Waals surface area (Å²) in [4.78, 5) is 29.4. The van der Waals surface area contributed by atoms with Gasteiger partial charge in [0.1, 0.15) is 11.7 Å².